The standard InChI is InChI=1S/C14H22O6/c15-9-12-11(5-3-1-2-4-6-13(16)17)14(10-18-12)19-7-8-20-14/h9,11-12H,1-8,10H2,(H,16,17)/t11-,12-/m1/s1. The molecular weight excluding hydrogens is 264 g/mol. The minimum atomic E-state index is -0.748. The molecule has 0 aliphatic carbocycles. The van der Waals surface area contributed by atoms with E-state index in [1.807, 2.05) is 0 Å². The zero-order valence-corrected chi connectivity index (χ0v) is 11.6. The van der Waals surface area contributed by atoms with Gasteiger partial charge in [0.1, 0.15) is 19.0 Å². The summed E-state index contributed by atoms with van der Waals surface area (Å²) in [6, 6.07) is 0. The topological polar surface area (TPSA) is 82.1 Å². The molecule has 0 saturated carbocycles. The summed E-state index contributed by atoms with van der Waals surface area (Å²) < 4.78 is 16.8. The number of hydrogen-bond donors (Lipinski definition) is 1. The van der Waals surface area contributed by atoms with Crippen LogP contribution in [-0.4, -0.2) is 49.1 Å². The third-order valence-electron chi connectivity index (χ3n) is 4.00. The Bertz CT molecular complexity index is 337. The Morgan fingerprint density at radius 2 is 1.90 bits per heavy atom. The number of carboxylic acids is 1. The van der Waals surface area contributed by atoms with Crippen molar-refractivity contribution in [3.05, 3.63) is 0 Å². The summed E-state index contributed by atoms with van der Waals surface area (Å²) in [5.74, 6) is -1.53. The van der Waals surface area contributed by atoms with Crippen LogP contribution in [0, 0.1) is 5.92 Å². The predicted octanol–water partition coefficient (Wildman–Crippen LogP) is 1.37. The zero-order chi connectivity index (χ0) is 14.4. The largest absolute Gasteiger partial charge is 0.481 e. The van der Waals surface area contributed by atoms with Crippen LogP contribution in [0.15, 0.2) is 0 Å². The fraction of sp³-hybridized carbons (Fsp3) is 0.857. The molecule has 114 valence electrons. The third kappa shape index (κ3) is 3.56. The monoisotopic (exact) mass is 286 g/mol. The van der Waals surface area contributed by atoms with E-state index in [4.69, 9.17) is 19.3 Å². The summed E-state index contributed by atoms with van der Waals surface area (Å²) in [4.78, 5) is 21.5. The molecule has 2 aliphatic rings. The van der Waals surface area contributed by atoms with Gasteiger partial charge in [-0.25, -0.2) is 0 Å². The molecular formula is C14H22O6. The molecule has 0 radical (unpaired) electrons. The van der Waals surface area contributed by atoms with Crippen LogP contribution in [0.5, 0.6) is 0 Å². The molecule has 0 amide bonds. The summed E-state index contributed by atoms with van der Waals surface area (Å²) in [5, 5.41) is 8.56. The summed E-state index contributed by atoms with van der Waals surface area (Å²) in [5.41, 5.74) is 0. The molecule has 6 nitrogen and oxygen atoms in total. The quantitative estimate of drug-likeness (QED) is 0.536. The number of carbonyl (C=O) groups is 2. The van der Waals surface area contributed by atoms with Gasteiger partial charge in [0.05, 0.1) is 13.2 Å². The molecule has 2 saturated heterocycles. The van der Waals surface area contributed by atoms with Gasteiger partial charge in [-0.2, -0.15) is 0 Å². The van der Waals surface area contributed by atoms with Gasteiger partial charge in [-0.05, 0) is 12.8 Å². The lowest BCUT2D eigenvalue weighted by molar-refractivity contribution is -0.180. The highest BCUT2D eigenvalue weighted by Gasteiger charge is 2.53. The van der Waals surface area contributed by atoms with Crippen molar-refractivity contribution in [3.63, 3.8) is 0 Å². The number of carboxylic acid groups (broad SMARTS) is 1. The van der Waals surface area contributed by atoms with Crippen molar-refractivity contribution in [1.29, 1.82) is 0 Å². The van der Waals surface area contributed by atoms with Crippen LogP contribution in [0.4, 0.5) is 0 Å². The Kier molecular flexibility index (Phi) is 5.51. The first kappa shape index (κ1) is 15.4. The second kappa shape index (κ2) is 7.15. The maximum Gasteiger partial charge on any atom is 0.303 e. The number of carbonyl (C=O) groups excluding carboxylic acids is 1. The van der Waals surface area contributed by atoms with E-state index in [1.54, 1.807) is 0 Å². The molecule has 2 atom stereocenters. The molecule has 1 spiro atoms. The average Bonchev–Trinajstić information content (AvgIpc) is 3.02. The molecule has 0 aromatic rings. The Labute approximate surface area is 118 Å². The van der Waals surface area contributed by atoms with E-state index in [9.17, 15) is 9.59 Å². The molecule has 2 fully saturated rings. The molecule has 20 heavy (non-hydrogen) atoms. The van der Waals surface area contributed by atoms with Crippen molar-refractivity contribution in [2.24, 2.45) is 5.92 Å². The highest BCUT2D eigenvalue weighted by Crippen LogP contribution is 2.40. The fourth-order valence-corrected chi connectivity index (χ4v) is 2.97. The molecule has 1 N–H and O–H groups in total. The lowest BCUT2D eigenvalue weighted by atomic mass is 9.90. The van der Waals surface area contributed by atoms with Gasteiger partial charge in [0, 0.05) is 12.3 Å². The van der Waals surface area contributed by atoms with Crippen LogP contribution in [0.3, 0.4) is 0 Å². The number of ether oxygens (including phenoxy) is 3. The van der Waals surface area contributed by atoms with Gasteiger partial charge in [0.25, 0.3) is 0 Å². The molecule has 6 heteroatoms. The van der Waals surface area contributed by atoms with Crippen LogP contribution in [-0.2, 0) is 23.8 Å². The Morgan fingerprint density at radius 1 is 1.20 bits per heavy atom. The fourth-order valence-electron chi connectivity index (χ4n) is 2.97. The van der Waals surface area contributed by atoms with Crippen molar-refractivity contribution < 1.29 is 28.9 Å². The van der Waals surface area contributed by atoms with Gasteiger partial charge >= 0.3 is 5.97 Å². The first-order chi connectivity index (χ1) is 9.68. The van der Waals surface area contributed by atoms with E-state index in [-0.39, 0.29) is 12.3 Å². The molecule has 2 aliphatic heterocycles. The Balaban J connectivity index is 1.74. The van der Waals surface area contributed by atoms with E-state index in [0.29, 0.717) is 26.2 Å². The van der Waals surface area contributed by atoms with E-state index >= 15 is 0 Å². The second-order valence-corrected chi connectivity index (χ2v) is 5.37. The normalized spacial score (nSPS) is 28.0. The van der Waals surface area contributed by atoms with Gasteiger partial charge in [-0.3, -0.25) is 4.79 Å². The molecule has 0 bridgehead atoms. The van der Waals surface area contributed by atoms with Crippen molar-refractivity contribution in [2.45, 2.75) is 50.4 Å². The number of hydrogen-bond acceptors (Lipinski definition) is 5. The Hall–Kier alpha value is -0.980. The predicted molar refractivity (Wildman–Crippen MR) is 69.3 cm³/mol. The number of rotatable bonds is 8. The van der Waals surface area contributed by atoms with Gasteiger partial charge in [-0.1, -0.05) is 19.3 Å². The van der Waals surface area contributed by atoms with Crippen molar-refractivity contribution in [1.82, 2.24) is 0 Å². The average molecular weight is 286 g/mol. The van der Waals surface area contributed by atoms with Crippen LogP contribution in [0.1, 0.15) is 38.5 Å². The van der Waals surface area contributed by atoms with Crippen LogP contribution >= 0.6 is 0 Å². The maximum atomic E-state index is 11.1. The van der Waals surface area contributed by atoms with Crippen molar-refractivity contribution in [2.75, 3.05) is 19.8 Å². The highest BCUT2D eigenvalue weighted by atomic mass is 16.8. The molecule has 0 unspecified atom stereocenters. The van der Waals surface area contributed by atoms with Crippen molar-refractivity contribution >= 4 is 12.3 Å². The molecule has 2 heterocycles. The summed E-state index contributed by atoms with van der Waals surface area (Å²) in [6.45, 7) is 1.41. The van der Waals surface area contributed by atoms with Crippen molar-refractivity contribution in [3.8, 4) is 0 Å². The molecule has 0 aromatic carbocycles. The zero-order valence-electron chi connectivity index (χ0n) is 11.6. The molecule has 2 rings (SSSR count). The minimum absolute atomic E-state index is 0.0537. The summed E-state index contributed by atoms with van der Waals surface area (Å²) >= 11 is 0. The van der Waals surface area contributed by atoms with Gasteiger partial charge < -0.3 is 24.1 Å². The first-order valence-electron chi connectivity index (χ1n) is 7.24. The van der Waals surface area contributed by atoms with E-state index < -0.39 is 17.9 Å². The number of aldehydes is 1. The van der Waals surface area contributed by atoms with E-state index in [1.165, 1.54) is 0 Å². The maximum absolute atomic E-state index is 11.1. The van der Waals surface area contributed by atoms with Gasteiger partial charge in [0.15, 0.2) is 5.79 Å². The smallest absolute Gasteiger partial charge is 0.303 e. The highest BCUT2D eigenvalue weighted by molar-refractivity contribution is 5.66. The van der Waals surface area contributed by atoms with E-state index in [0.717, 1.165) is 32.0 Å². The summed E-state index contributed by atoms with van der Waals surface area (Å²) in [6.07, 6.45) is 4.86. The SMILES string of the molecule is O=C[C@H]1OCC2(OCCO2)[C@@H]1CCCCCCC(=O)O. The van der Waals surface area contributed by atoms with E-state index in [2.05, 4.69) is 0 Å². The second-order valence-electron chi connectivity index (χ2n) is 5.37. The summed E-state index contributed by atoms with van der Waals surface area (Å²) in [7, 11) is 0. The van der Waals surface area contributed by atoms with Crippen LogP contribution in [0.2, 0.25) is 0 Å². The van der Waals surface area contributed by atoms with Crippen LogP contribution in [0.25, 0.3) is 0 Å². The van der Waals surface area contributed by atoms with Crippen LogP contribution < -0.4 is 0 Å². The lowest BCUT2D eigenvalue weighted by Gasteiger charge is -2.28. The molecule has 0 aromatic heterocycles. The first-order valence-corrected chi connectivity index (χ1v) is 7.24. The van der Waals surface area contributed by atoms with Gasteiger partial charge in [-0.15, -0.1) is 0 Å². The lowest BCUT2D eigenvalue weighted by Crippen LogP contribution is -2.40. The number of unbranched alkanes of at least 4 members (excludes halogenated alkanes) is 3. The third-order valence-corrected chi connectivity index (χ3v) is 4.00. The van der Waals surface area contributed by atoms with Gasteiger partial charge in [0.2, 0.25) is 0 Å². The number of aliphatic carboxylic acids is 1. The Morgan fingerprint density at radius 3 is 2.55 bits per heavy atom. The minimum Gasteiger partial charge on any atom is -0.481 e.